The molecule has 0 saturated carbocycles. The van der Waals surface area contributed by atoms with Gasteiger partial charge in [-0.1, -0.05) is 109 Å². The van der Waals surface area contributed by atoms with Gasteiger partial charge in [0.1, 0.15) is 25.9 Å². The Morgan fingerprint density at radius 2 is 1.17 bits per heavy atom. The van der Waals surface area contributed by atoms with Crippen LogP contribution in [0.25, 0.3) is 11.1 Å². The van der Waals surface area contributed by atoms with E-state index >= 15 is 0 Å². The van der Waals surface area contributed by atoms with E-state index in [2.05, 4.69) is 34.9 Å². The normalized spacial score (nSPS) is 12.9. The first-order valence-electron chi connectivity index (χ1n) is 16.2. The highest BCUT2D eigenvalue weighted by Gasteiger charge is 2.29. The van der Waals surface area contributed by atoms with E-state index in [0.29, 0.717) is 6.42 Å². The molecule has 0 aromatic heterocycles. The number of ether oxygens (including phenoxy) is 3. The number of esters is 2. The van der Waals surface area contributed by atoms with Crippen LogP contribution in [-0.2, 0) is 41.8 Å². The Hall–Kier alpha value is -5.44. The van der Waals surface area contributed by atoms with Crippen LogP contribution in [0.3, 0.4) is 0 Å². The van der Waals surface area contributed by atoms with Crippen LogP contribution in [0.2, 0.25) is 0 Å². The predicted molar refractivity (Wildman–Crippen MR) is 181 cm³/mol. The third kappa shape index (κ3) is 9.54. The van der Waals surface area contributed by atoms with Crippen LogP contribution in [-0.4, -0.2) is 42.6 Å². The SMILES string of the molecule is CC(CCC(=O)NC(CCC(=O)OCc1ccccc1)C(=O)OCc1ccccc1)NC(=O)OCC1c2ccccc2-c2ccccc21. The van der Waals surface area contributed by atoms with Crippen molar-refractivity contribution < 1.29 is 33.4 Å². The second kappa shape index (κ2) is 16.9. The molecule has 0 fully saturated rings. The Morgan fingerprint density at radius 3 is 1.77 bits per heavy atom. The second-order valence-corrected chi connectivity index (χ2v) is 11.8. The van der Waals surface area contributed by atoms with Crippen molar-refractivity contribution in [2.24, 2.45) is 0 Å². The first-order valence-corrected chi connectivity index (χ1v) is 16.2. The van der Waals surface area contributed by atoms with Crippen molar-refractivity contribution in [3.05, 3.63) is 131 Å². The molecule has 2 atom stereocenters. The predicted octanol–water partition coefficient (Wildman–Crippen LogP) is 6.45. The van der Waals surface area contributed by atoms with Crippen LogP contribution in [0.15, 0.2) is 109 Å². The summed E-state index contributed by atoms with van der Waals surface area (Å²) in [5.74, 6) is -1.60. The minimum absolute atomic E-state index is 0.0144. The van der Waals surface area contributed by atoms with Crippen LogP contribution >= 0.6 is 0 Å². The molecule has 0 aliphatic heterocycles. The highest BCUT2D eigenvalue weighted by molar-refractivity contribution is 5.85. The molecule has 9 nitrogen and oxygen atoms in total. The zero-order valence-electron chi connectivity index (χ0n) is 26.9. The fraction of sp³-hybridized carbons (Fsp3) is 0.282. The molecule has 4 aromatic rings. The van der Waals surface area contributed by atoms with E-state index in [0.717, 1.165) is 33.4 Å². The molecular formula is C39H40N2O7. The standard InChI is InChI=1S/C39H40N2O7/c1-27(40-39(45)48-26-34-32-18-10-8-16-30(32)31-17-9-11-19-33(31)34)20-22-36(42)41-35(38(44)47-25-29-14-6-3-7-15-29)21-23-37(43)46-24-28-12-4-2-5-13-28/h2-19,27,34-35H,20-26H2,1H3,(H,40,45)(H,41,42). The smallest absolute Gasteiger partial charge is 0.407 e. The largest absolute Gasteiger partial charge is 0.461 e. The van der Waals surface area contributed by atoms with Crippen LogP contribution in [0.4, 0.5) is 4.79 Å². The van der Waals surface area contributed by atoms with Gasteiger partial charge < -0.3 is 24.8 Å². The first kappa shape index (κ1) is 33.9. The van der Waals surface area contributed by atoms with Crippen molar-refractivity contribution in [3.63, 3.8) is 0 Å². The number of rotatable bonds is 15. The molecule has 2 amide bonds. The highest BCUT2D eigenvalue weighted by Crippen LogP contribution is 2.44. The van der Waals surface area contributed by atoms with Crippen LogP contribution in [0.5, 0.6) is 0 Å². The van der Waals surface area contributed by atoms with Gasteiger partial charge in [0.15, 0.2) is 0 Å². The molecule has 248 valence electrons. The Kier molecular flexibility index (Phi) is 12.0. The van der Waals surface area contributed by atoms with Gasteiger partial charge in [-0.15, -0.1) is 0 Å². The van der Waals surface area contributed by atoms with E-state index in [1.165, 1.54) is 0 Å². The van der Waals surface area contributed by atoms with Crippen molar-refractivity contribution in [1.82, 2.24) is 10.6 Å². The average molecular weight is 649 g/mol. The summed E-state index contributed by atoms with van der Waals surface area (Å²) in [5.41, 5.74) is 6.18. The first-order chi connectivity index (χ1) is 23.4. The number of amides is 2. The van der Waals surface area contributed by atoms with Gasteiger partial charge >= 0.3 is 18.0 Å². The number of hydrogen-bond donors (Lipinski definition) is 2. The third-order valence-corrected chi connectivity index (χ3v) is 8.24. The van der Waals surface area contributed by atoms with E-state index in [1.54, 1.807) is 6.92 Å². The number of alkyl carbamates (subject to hydrolysis) is 1. The van der Waals surface area contributed by atoms with E-state index < -0.39 is 30.0 Å². The topological polar surface area (TPSA) is 120 Å². The maximum Gasteiger partial charge on any atom is 0.407 e. The maximum absolute atomic E-state index is 13.0. The van der Waals surface area contributed by atoms with Gasteiger partial charge in [0, 0.05) is 24.8 Å². The Balaban J connectivity index is 1.08. The maximum atomic E-state index is 13.0. The monoisotopic (exact) mass is 648 g/mol. The Morgan fingerprint density at radius 1 is 0.625 bits per heavy atom. The lowest BCUT2D eigenvalue weighted by Crippen LogP contribution is -2.43. The number of benzene rings is 4. The van der Waals surface area contributed by atoms with Crippen molar-refractivity contribution in [1.29, 1.82) is 0 Å². The molecule has 0 saturated heterocycles. The molecule has 2 unspecified atom stereocenters. The second-order valence-electron chi connectivity index (χ2n) is 11.8. The van der Waals surface area contributed by atoms with Gasteiger partial charge in [-0.25, -0.2) is 9.59 Å². The molecular weight excluding hydrogens is 608 g/mol. The van der Waals surface area contributed by atoms with E-state index in [9.17, 15) is 19.2 Å². The number of hydrogen-bond acceptors (Lipinski definition) is 7. The summed E-state index contributed by atoms with van der Waals surface area (Å²) in [6.07, 6.45) is -0.299. The van der Waals surface area contributed by atoms with Gasteiger partial charge in [0.2, 0.25) is 5.91 Å². The Bertz CT molecular complexity index is 1650. The van der Waals surface area contributed by atoms with Gasteiger partial charge in [-0.2, -0.15) is 0 Å². The van der Waals surface area contributed by atoms with Gasteiger partial charge in [0.25, 0.3) is 0 Å². The number of carbonyl (C=O) groups is 4. The van der Waals surface area contributed by atoms with Gasteiger partial charge in [-0.3, -0.25) is 9.59 Å². The number of carbonyl (C=O) groups excluding carboxylic acids is 4. The lowest BCUT2D eigenvalue weighted by molar-refractivity contribution is -0.150. The fourth-order valence-corrected chi connectivity index (χ4v) is 5.68. The number of fused-ring (bicyclic) bond motifs is 3. The molecule has 0 heterocycles. The lowest BCUT2D eigenvalue weighted by Gasteiger charge is -2.19. The molecule has 0 spiro atoms. The molecule has 2 N–H and O–H groups in total. The molecule has 1 aliphatic rings. The van der Waals surface area contributed by atoms with E-state index in [-0.39, 0.29) is 51.0 Å². The molecule has 48 heavy (non-hydrogen) atoms. The van der Waals surface area contributed by atoms with E-state index in [1.807, 2.05) is 84.9 Å². The highest BCUT2D eigenvalue weighted by atomic mass is 16.6. The minimum atomic E-state index is -1.05. The third-order valence-electron chi connectivity index (χ3n) is 8.24. The average Bonchev–Trinajstić information content (AvgIpc) is 3.44. The number of nitrogens with one attached hydrogen (secondary N) is 2. The summed E-state index contributed by atoms with van der Waals surface area (Å²) < 4.78 is 16.4. The van der Waals surface area contributed by atoms with E-state index in [4.69, 9.17) is 14.2 Å². The lowest BCUT2D eigenvalue weighted by atomic mass is 9.98. The summed E-state index contributed by atoms with van der Waals surface area (Å²) in [7, 11) is 0. The minimum Gasteiger partial charge on any atom is -0.461 e. The van der Waals surface area contributed by atoms with Crippen molar-refractivity contribution >= 4 is 23.9 Å². The van der Waals surface area contributed by atoms with Crippen molar-refractivity contribution in [2.45, 2.75) is 63.8 Å². The summed E-state index contributed by atoms with van der Waals surface area (Å²) in [4.78, 5) is 51.1. The molecule has 0 radical (unpaired) electrons. The molecule has 5 rings (SSSR count). The fourth-order valence-electron chi connectivity index (χ4n) is 5.68. The molecule has 4 aromatic carbocycles. The van der Waals surface area contributed by atoms with Gasteiger partial charge in [0.05, 0.1) is 0 Å². The summed E-state index contributed by atoms with van der Waals surface area (Å²) in [5, 5.41) is 5.50. The molecule has 9 heteroatoms. The Labute approximate surface area is 280 Å². The summed E-state index contributed by atoms with van der Waals surface area (Å²) >= 11 is 0. The quantitative estimate of drug-likeness (QED) is 0.112. The zero-order valence-corrected chi connectivity index (χ0v) is 26.9. The van der Waals surface area contributed by atoms with Crippen molar-refractivity contribution in [2.75, 3.05) is 6.61 Å². The summed E-state index contributed by atoms with van der Waals surface area (Å²) in [6.45, 7) is 2.12. The van der Waals surface area contributed by atoms with Crippen LogP contribution in [0.1, 0.15) is 60.8 Å². The van der Waals surface area contributed by atoms with Crippen LogP contribution in [0, 0.1) is 0 Å². The molecule has 1 aliphatic carbocycles. The molecule has 0 bridgehead atoms. The van der Waals surface area contributed by atoms with Crippen molar-refractivity contribution in [3.8, 4) is 11.1 Å². The zero-order chi connectivity index (χ0) is 33.7. The summed E-state index contributed by atoms with van der Waals surface area (Å²) in [6, 6.07) is 33.3. The van der Waals surface area contributed by atoms with Crippen LogP contribution < -0.4 is 10.6 Å². The van der Waals surface area contributed by atoms with Gasteiger partial charge in [-0.05, 0) is 53.1 Å².